The van der Waals surface area contributed by atoms with Crippen LogP contribution in [0.1, 0.15) is 66.1 Å². The van der Waals surface area contributed by atoms with Gasteiger partial charge in [-0.3, -0.25) is 9.59 Å². The first kappa shape index (κ1) is 30.6. The standard InChI is InChI=1S/C31H30Cl2FN3O7S/c32-23-2-1-3-24(33)27(23)28-22(29(44-35-28)16-4-5-16)15-43-26-14-18-12-21(26)31(39)37(18)17-6-7-20(25(34)13-17)30(38)36-45(40,41)19-8-10-42-11-9-19/h1-3,6-7,13,16,18-19,21,26H,4-5,8-12,14-15H2,(H,36,38)/t18-,21+,26+/m0/s1. The van der Waals surface area contributed by atoms with E-state index < -0.39 is 38.5 Å². The molecule has 3 heterocycles. The van der Waals surface area contributed by atoms with Crippen LogP contribution in [0.4, 0.5) is 10.1 Å². The molecule has 14 heteroatoms. The van der Waals surface area contributed by atoms with Gasteiger partial charge >= 0.3 is 0 Å². The molecule has 0 radical (unpaired) electrons. The molecule has 2 saturated carbocycles. The van der Waals surface area contributed by atoms with Gasteiger partial charge in [0.15, 0.2) is 0 Å². The Labute approximate surface area is 269 Å². The van der Waals surface area contributed by atoms with Crippen LogP contribution < -0.4 is 9.62 Å². The smallest absolute Gasteiger partial charge is 0.267 e. The largest absolute Gasteiger partial charge is 0.381 e. The van der Waals surface area contributed by atoms with Crippen molar-refractivity contribution in [1.29, 1.82) is 0 Å². The normalized spacial score (nSPS) is 23.6. The predicted molar refractivity (Wildman–Crippen MR) is 163 cm³/mol. The van der Waals surface area contributed by atoms with Gasteiger partial charge in [-0.1, -0.05) is 34.4 Å². The van der Waals surface area contributed by atoms with Crippen LogP contribution in [0.2, 0.25) is 10.0 Å². The lowest BCUT2D eigenvalue weighted by Gasteiger charge is -2.31. The molecule has 3 atom stereocenters. The molecule has 2 amide bonds. The Morgan fingerprint density at radius 3 is 2.49 bits per heavy atom. The van der Waals surface area contributed by atoms with Gasteiger partial charge in [0.05, 0.1) is 39.5 Å². The number of fused-ring (bicyclic) bond motifs is 2. The Hall–Kier alpha value is -3.03. The fourth-order valence-corrected chi connectivity index (χ4v) is 8.58. The van der Waals surface area contributed by atoms with E-state index in [0.717, 1.165) is 30.2 Å². The molecular weight excluding hydrogens is 648 g/mol. The zero-order chi connectivity index (χ0) is 31.5. The van der Waals surface area contributed by atoms with Crippen LogP contribution >= 0.6 is 23.2 Å². The van der Waals surface area contributed by atoms with Crippen molar-refractivity contribution in [2.75, 3.05) is 18.1 Å². The summed E-state index contributed by atoms with van der Waals surface area (Å²) in [5.41, 5.74) is 1.77. The Bertz CT molecular complexity index is 1750. The van der Waals surface area contributed by atoms with Crippen LogP contribution in [0.3, 0.4) is 0 Å². The topological polar surface area (TPSA) is 128 Å². The highest BCUT2D eigenvalue weighted by atomic mass is 35.5. The summed E-state index contributed by atoms with van der Waals surface area (Å²) in [6, 6.07) is 8.78. The van der Waals surface area contributed by atoms with Gasteiger partial charge in [0.25, 0.3) is 5.91 Å². The van der Waals surface area contributed by atoms with Crippen LogP contribution in [0.15, 0.2) is 40.9 Å². The summed E-state index contributed by atoms with van der Waals surface area (Å²) < 4.78 is 59.7. The summed E-state index contributed by atoms with van der Waals surface area (Å²) in [4.78, 5) is 27.7. The SMILES string of the molecule is O=C(NS(=O)(=O)C1CCOCC1)c1ccc(N2C(=O)[C@@H]3C[C@H]2C[C@H]3OCc2c(-c3c(Cl)cccc3Cl)noc2C2CC2)cc1F. The van der Waals surface area contributed by atoms with Crippen molar-refractivity contribution in [3.8, 4) is 11.3 Å². The first-order chi connectivity index (χ1) is 21.6. The second-order valence-electron chi connectivity index (χ2n) is 12.0. The number of ether oxygens (including phenoxy) is 2. The minimum Gasteiger partial charge on any atom is -0.381 e. The average Bonchev–Trinajstić information content (AvgIpc) is 3.52. The molecule has 2 aromatic carbocycles. The van der Waals surface area contributed by atoms with Crippen molar-refractivity contribution in [2.45, 2.75) is 68.4 Å². The molecule has 3 aromatic rings. The van der Waals surface area contributed by atoms with E-state index >= 15 is 4.39 Å². The van der Waals surface area contributed by atoms with E-state index in [0.29, 0.717) is 39.8 Å². The van der Waals surface area contributed by atoms with E-state index in [2.05, 4.69) is 5.16 Å². The Morgan fingerprint density at radius 2 is 1.82 bits per heavy atom. The average molecular weight is 679 g/mol. The summed E-state index contributed by atoms with van der Waals surface area (Å²) in [7, 11) is -3.99. The minimum absolute atomic E-state index is 0.169. The van der Waals surface area contributed by atoms with Crippen LogP contribution in [-0.2, 0) is 30.9 Å². The highest BCUT2D eigenvalue weighted by molar-refractivity contribution is 7.90. The molecule has 2 aliphatic heterocycles. The zero-order valence-corrected chi connectivity index (χ0v) is 26.3. The van der Waals surface area contributed by atoms with Crippen LogP contribution in [0.5, 0.6) is 0 Å². The van der Waals surface area contributed by atoms with E-state index in [-0.39, 0.29) is 56.6 Å². The van der Waals surface area contributed by atoms with Crippen molar-refractivity contribution in [3.63, 3.8) is 0 Å². The molecule has 2 aliphatic carbocycles. The van der Waals surface area contributed by atoms with Crippen molar-refractivity contribution < 1.29 is 36.4 Å². The minimum atomic E-state index is -3.99. The predicted octanol–water partition coefficient (Wildman–Crippen LogP) is 5.61. The van der Waals surface area contributed by atoms with Crippen molar-refractivity contribution in [3.05, 3.63) is 69.1 Å². The molecule has 2 bridgehead atoms. The monoisotopic (exact) mass is 677 g/mol. The van der Waals surface area contributed by atoms with Crippen LogP contribution in [0, 0.1) is 11.7 Å². The Balaban J connectivity index is 1.03. The van der Waals surface area contributed by atoms with Crippen molar-refractivity contribution in [1.82, 2.24) is 9.88 Å². The third kappa shape index (κ3) is 5.76. The van der Waals surface area contributed by atoms with Gasteiger partial charge in [-0.25, -0.2) is 17.5 Å². The van der Waals surface area contributed by atoms with E-state index in [9.17, 15) is 18.0 Å². The fraction of sp³-hybridized carbons (Fsp3) is 0.452. The summed E-state index contributed by atoms with van der Waals surface area (Å²) in [6.07, 6.45) is 3.21. The quantitative estimate of drug-likeness (QED) is 0.309. The van der Waals surface area contributed by atoms with Gasteiger partial charge in [-0.15, -0.1) is 0 Å². The number of halogens is 3. The second kappa shape index (κ2) is 12.0. The number of aromatic nitrogens is 1. The van der Waals surface area contributed by atoms with Crippen molar-refractivity contribution >= 4 is 50.7 Å². The molecule has 7 rings (SSSR count). The van der Waals surface area contributed by atoms with Gasteiger partial charge in [0.1, 0.15) is 17.3 Å². The van der Waals surface area contributed by atoms with Gasteiger partial charge < -0.3 is 18.9 Å². The number of anilines is 1. The van der Waals surface area contributed by atoms with Gasteiger partial charge in [-0.05, 0) is 68.9 Å². The molecule has 1 N–H and O–H groups in total. The van der Waals surface area contributed by atoms with Gasteiger partial charge in [0, 0.05) is 42.0 Å². The summed E-state index contributed by atoms with van der Waals surface area (Å²) in [5, 5.41) is 4.41. The molecule has 0 spiro atoms. The number of nitrogens with one attached hydrogen (secondary N) is 1. The Kier molecular flexibility index (Phi) is 8.14. The van der Waals surface area contributed by atoms with Gasteiger partial charge in [-0.2, -0.15) is 0 Å². The third-order valence-electron chi connectivity index (χ3n) is 9.12. The number of rotatable bonds is 9. The highest BCUT2D eigenvalue weighted by Gasteiger charge is 2.52. The second-order valence-corrected chi connectivity index (χ2v) is 14.8. The van der Waals surface area contributed by atoms with Crippen LogP contribution in [0.25, 0.3) is 11.3 Å². The molecule has 45 heavy (non-hydrogen) atoms. The van der Waals surface area contributed by atoms with Crippen LogP contribution in [-0.4, -0.2) is 56.0 Å². The summed E-state index contributed by atoms with van der Waals surface area (Å²) >= 11 is 12.9. The zero-order valence-electron chi connectivity index (χ0n) is 24.0. The molecule has 4 aliphatic rings. The maximum absolute atomic E-state index is 15.2. The molecule has 10 nitrogen and oxygen atoms in total. The number of nitrogens with zero attached hydrogens (tertiary/aromatic N) is 2. The third-order valence-corrected chi connectivity index (χ3v) is 11.6. The van der Waals surface area contributed by atoms with E-state index in [1.54, 1.807) is 18.2 Å². The molecular formula is C31H30Cl2FN3O7S. The molecule has 1 aromatic heterocycles. The van der Waals surface area contributed by atoms with E-state index in [1.807, 2.05) is 4.72 Å². The number of piperidine rings is 1. The number of benzene rings is 2. The molecule has 2 saturated heterocycles. The molecule has 0 unspecified atom stereocenters. The summed E-state index contributed by atoms with van der Waals surface area (Å²) in [5.74, 6) is -1.59. The van der Waals surface area contributed by atoms with Gasteiger partial charge in [0.2, 0.25) is 15.9 Å². The molecule has 238 valence electrons. The first-order valence-electron chi connectivity index (χ1n) is 14.9. The number of carbonyl (C=O) groups excluding carboxylic acids is 2. The van der Waals surface area contributed by atoms with E-state index in [1.165, 1.54) is 17.0 Å². The number of amides is 2. The number of hydrogen-bond donors (Lipinski definition) is 1. The highest BCUT2D eigenvalue weighted by Crippen LogP contribution is 2.48. The lowest BCUT2D eigenvalue weighted by Crippen LogP contribution is -2.43. The lowest BCUT2D eigenvalue weighted by atomic mass is 10.0. The first-order valence-corrected chi connectivity index (χ1v) is 17.2. The maximum Gasteiger partial charge on any atom is 0.267 e. The maximum atomic E-state index is 15.2. The number of hydrogen-bond acceptors (Lipinski definition) is 8. The Morgan fingerprint density at radius 1 is 1.09 bits per heavy atom. The fourth-order valence-electron chi connectivity index (χ4n) is 6.66. The van der Waals surface area contributed by atoms with Crippen molar-refractivity contribution in [2.24, 2.45) is 5.92 Å². The lowest BCUT2D eigenvalue weighted by molar-refractivity contribution is -0.126. The summed E-state index contributed by atoms with van der Waals surface area (Å²) in [6.45, 7) is 0.727. The number of carbonyl (C=O) groups is 2. The number of sulfonamides is 1. The van der Waals surface area contributed by atoms with E-state index in [4.69, 9.17) is 37.2 Å². The molecule has 4 fully saturated rings.